The second kappa shape index (κ2) is 4.51. The third kappa shape index (κ3) is 2.63. The summed E-state index contributed by atoms with van der Waals surface area (Å²) in [4.78, 5) is 0. The molecule has 1 aromatic heterocycles. The summed E-state index contributed by atoms with van der Waals surface area (Å²) in [5, 5.41) is 11.6. The quantitative estimate of drug-likeness (QED) is 0.740. The molecular weight excluding hydrogens is 182 g/mol. The van der Waals surface area contributed by atoms with E-state index in [0.717, 1.165) is 11.6 Å². The third-order valence-corrected chi connectivity index (χ3v) is 2.36. The van der Waals surface area contributed by atoms with Gasteiger partial charge in [-0.05, 0) is 6.42 Å². The lowest BCUT2D eigenvalue weighted by Gasteiger charge is -2.10. The highest BCUT2D eigenvalue weighted by atomic mass is 35.5. The maximum absolute atomic E-state index is 5.68. The minimum atomic E-state index is 0.310. The molecule has 0 fully saturated rings. The van der Waals surface area contributed by atoms with Gasteiger partial charge in [-0.1, -0.05) is 18.3 Å². The molecule has 1 rings (SSSR count). The normalized spacial score (nSPS) is 12.9. The van der Waals surface area contributed by atoms with E-state index >= 15 is 0 Å². The number of halogens is 1. The van der Waals surface area contributed by atoms with Gasteiger partial charge in [0.2, 0.25) is 5.13 Å². The highest BCUT2D eigenvalue weighted by Crippen LogP contribution is 2.11. The van der Waals surface area contributed by atoms with Crippen LogP contribution in [0.3, 0.4) is 0 Å². The average Bonchev–Trinajstić information content (AvgIpc) is 2.52. The fourth-order valence-electron chi connectivity index (χ4n) is 0.660. The zero-order chi connectivity index (χ0) is 8.10. The van der Waals surface area contributed by atoms with E-state index in [1.165, 1.54) is 11.3 Å². The largest absolute Gasteiger partial charge is 0.356 e. The van der Waals surface area contributed by atoms with Gasteiger partial charge in [-0.15, -0.1) is 21.8 Å². The second-order valence-electron chi connectivity index (χ2n) is 2.15. The molecule has 0 aliphatic carbocycles. The fraction of sp³-hybridized carbons (Fsp3) is 0.667. The average molecular weight is 192 g/mol. The molecule has 11 heavy (non-hydrogen) atoms. The van der Waals surface area contributed by atoms with Crippen molar-refractivity contribution in [1.82, 2.24) is 10.2 Å². The minimum absolute atomic E-state index is 0.310. The van der Waals surface area contributed by atoms with Gasteiger partial charge in [0.25, 0.3) is 0 Å². The van der Waals surface area contributed by atoms with Gasteiger partial charge in [-0.25, -0.2) is 0 Å². The first-order chi connectivity index (χ1) is 5.36. The van der Waals surface area contributed by atoms with Gasteiger partial charge in [0.15, 0.2) is 0 Å². The van der Waals surface area contributed by atoms with Gasteiger partial charge in [-0.3, -0.25) is 0 Å². The summed E-state index contributed by atoms with van der Waals surface area (Å²) in [6, 6.07) is 0.310. The van der Waals surface area contributed by atoms with Crippen LogP contribution in [-0.4, -0.2) is 22.1 Å². The molecule has 1 aromatic rings. The van der Waals surface area contributed by atoms with Gasteiger partial charge in [0.1, 0.15) is 5.51 Å². The minimum Gasteiger partial charge on any atom is -0.356 e. The lowest BCUT2D eigenvalue weighted by molar-refractivity contribution is 0.766. The SMILES string of the molecule is CCC(CCl)Nc1nncs1. The molecule has 0 saturated heterocycles. The van der Waals surface area contributed by atoms with Crippen molar-refractivity contribution >= 4 is 28.1 Å². The van der Waals surface area contributed by atoms with Crippen molar-refractivity contribution in [3.63, 3.8) is 0 Å². The van der Waals surface area contributed by atoms with Crippen molar-refractivity contribution in [2.75, 3.05) is 11.2 Å². The lowest BCUT2D eigenvalue weighted by atomic mass is 10.3. The van der Waals surface area contributed by atoms with E-state index in [4.69, 9.17) is 11.6 Å². The summed E-state index contributed by atoms with van der Waals surface area (Å²) in [6.45, 7) is 2.08. The van der Waals surface area contributed by atoms with Crippen LogP contribution in [0.5, 0.6) is 0 Å². The number of rotatable bonds is 4. The first-order valence-electron chi connectivity index (χ1n) is 3.45. The van der Waals surface area contributed by atoms with Crippen molar-refractivity contribution in [2.45, 2.75) is 19.4 Å². The number of nitrogens with one attached hydrogen (secondary N) is 1. The molecule has 0 spiro atoms. The molecule has 3 nitrogen and oxygen atoms in total. The van der Waals surface area contributed by atoms with Gasteiger partial charge in [0.05, 0.1) is 0 Å². The summed E-state index contributed by atoms with van der Waals surface area (Å²) in [5.41, 5.74) is 1.70. The van der Waals surface area contributed by atoms with Crippen LogP contribution in [-0.2, 0) is 0 Å². The van der Waals surface area contributed by atoms with Crippen LogP contribution in [0.25, 0.3) is 0 Å². The molecule has 0 bridgehead atoms. The zero-order valence-corrected chi connectivity index (χ0v) is 7.82. The first-order valence-corrected chi connectivity index (χ1v) is 4.87. The molecule has 1 heterocycles. The summed E-state index contributed by atoms with van der Waals surface area (Å²) in [7, 11) is 0. The number of alkyl halides is 1. The molecule has 0 aromatic carbocycles. The number of hydrogen-bond donors (Lipinski definition) is 1. The number of anilines is 1. The maximum Gasteiger partial charge on any atom is 0.205 e. The highest BCUT2D eigenvalue weighted by molar-refractivity contribution is 7.13. The Morgan fingerprint density at radius 1 is 1.82 bits per heavy atom. The van der Waals surface area contributed by atoms with E-state index in [2.05, 4.69) is 22.4 Å². The Kier molecular flexibility index (Phi) is 3.59. The predicted molar refractivity (Wildman–Crippen MR) is 48.3 cm³/mol. The van der Waals surface area contributed by atoms with E-state index in [9.17, 15) is 0 Å². The molecule has 62 valence electrons. The monoisotopic (exact) mass is 191 g/mol. The Morgan fingerprint density at radius 3 is 3.09 bits per heavy atom. The Hall–Kier alpha value is -0.350. The van der Waals surface area contributed by atoms with Crippen molar-refractivity contribution in [3.05, 3.63) is 5.51 Å². The molecule has 1 atom stereocenters. The van der Waals surface area contributed by atoms with E-state index in [0.29, 0.717) is 11.9 Å². The molecule has 0 aliphatic rings. The van der Waals surface area contributed by atoms with Crippen LogP contribution < -0.4 is 5.32 Å². The highest BCUT2D eigenvalue weighted by Gasteiger charge is 2.04. The molecule has 1 N–H and O–H groups in total. The molecule has 0 radical (unpaired) electrons. The van der Waals surface area contributed by atoms with E-state index in [-0.39, 0.29) is 0 Å². The van der Waals surface area contributed by atoms with Crippen LogP contribution in [0.4, 0.5) is 5.13 Å². The van der Waals surface area contributed by atoms with Crippen molar-refractivity contribution < 1.29 is 0 Å². The van der Waals surface area contributed by atoms with Gasteiger partial charge < -0.3 is 5.32 Å². The summed E-state index contributed by atoms with van der Waals surface area (Å²) in [5.74, 6) is 0.607. The summed E-state index contributed by atoms with van der Waals surface area (Å²) < 4.78 is 0. The van der Waals surface area contributed by atoms with Crippen LogP contribution in [0.1, 0.15) is 13.3 Å². The molecule has 0 aliphatic heterocycles. The standard InChI is InChI=1S/C6H10ClN3S/c1-2-5(3-7)9-6-10-8-4-11-6/h4-5H,2-3H2,1H3,(H,9,10). The molecule has 5 heteroatoms. The Labute approximate surface area is 74.8 Å². The molecular formula is C6H10ClN3S. The van der Waals surface area contributed by atoms with Crippen LogP contribution in [0, 0.1) is 0 Å². The number of hydrogen-bond acceptors (Lipinski definition) is 4. The summed E-state index contributed by atoms with van der Waals surface area (Å²) >= 11 is 7.17. The van der Waals surface area contributed by atoms with Crippen molar-refractivity contribution in [2.24, 2.45) is 0 Å². The van der Waals surface area contributed by atoms with Crippen LogP contribution in [0.2, 0.25) is 0 Å². The topological polar surface area (TPSA) is 37.8 Å². The number of nitrogens with zero attached hydrogens (tertiary/aromatic N) is 2. The number of aromatic nitrogens is 2. The van der Waals surface area contributed by atoms with Gasteiger partial charge in [0, 0.05) is 11.9 Å². The Balaban J connectivity index is 2.41. The third-order valence-electron chi connectivity index (χ3n) is 1.37. The van der Waals surface area contributed by atoms with Crippen molar-refractivity contribution in [1.29, 1.82) is 0 Å². The van der Waals surface area contributed by atoms with Crippen molar-refractivity contribution in [3.8, 4) is 0 Å². The summed E-state index contributed by atoms with van der Waals surface area (Å²) in [6.07, 6.45) is 1.00. The van der Waals surface area contributed by atoms with Crippen LogP contribution in [0.15, 0.2) is 5.51 Å². The predicted octanol–water partition coefficient (Wildman–Crippen LogP) is 1.97. The molecule has 1 unspecified atom stereocenters. The Bertz CT molecular complexity index is 186. The lowest BCUT2D eigenvalue weighted by Crippen LogP contribution is -2.19. The molecule has 0 saturated carbocycles. The van der Waals surface area contributed by atoms with Crippen LogP contribution >= 0.6 is 22.9 Å². The molecule has 0 amide bonds. The van der Waals surface area contributed by atoms with E-state index in [1.807, 2.05) is 0 Å². The first kappa shape index (κ1) is 8.74. The van der Waals surface area contributed by atoms with E-state index < -0.39 is 0 Å². The smallest absolute Gasteiger partial charge is 0.205 e. The maximum atomic E-state index is 5.68. The second-order valence-corrected chi connectivity index (χ2v) is 3.29. The van der Waals surface area contributed by atoms with Gasteiger partial charge in [-0.2, -0.15) is 0 Å². The fourth-order valence-corrected chi connectivity index (χ4v) is 1.48. The van der Waals surface area contributed by atoms with Gasteiger partial charge >= 0.3 is 0 Å². The zero-order valence-electron chi connectivity index (χ0n) is 6.25. The van der Waals surface area contributed by atoms with E-state index in [1.54, 1.807) is 5.51 Å². The Morgan fingerprint density at radius 2 is 2.64 bits per heavy atom.